The molecule has 0 amide bonds. The molecule has 0 atom stereocenters. The third-order valence-electron chi connectivity index (χ3n) is 2.43. The van der Waals surface area contributed by atoms with Gasteiger partial charge in [-0.15, -0.1) is 10.2 Å². The molecular weight excluding hydrogens is 223 g/mol. The zero-order valence-corrected chi connectivity index (χ0v) is 9.39. The van der Waals surface area contributed by atoms with Gasteiger partial charge in [0.05, 0.1) is 6.54 Å². The molecule has 17 heavy (non-hydrogen) atoms. The Hall–Kier alpha value is -1.95. The second-order valence-electron chi connectivity index (χ2n) is 3.75. The molecule has 0 aliphatic carbocycles. The van der Waals surface area contributed by atoms with Crippen LogP contribution in [0.15, 0.2) is 24.5 Å². The maximum Gasteiger partial charge on any atom is 0.165 e. The first kappa shape index (κ1) is 11.5. The summed E-state index contributed by atoms with van der Waals surface area (Å²) in [4.78, 5) is 0. The highest BCUT2D eigenvalue weighted by Gasteiger charge is 2.03. The predicted molar refractivity (Wildman–Crippen MR) is 59.6 cm³/mol. The van der Waals surface area contributed by atoms with Crippen LogP contribution in [0.1, 0.15) is 11.4 Å². The van der Waals surface area contributed by atoms with Gasteiger partial charge in [0, 0.05) is 13.6 Å². The van der Waals surface area contributed by atoms with E-state index >= 15 is 0 Å². The Morgan fingerprint density at radius 1 is 1.41 bits per heavy atom. The van der Waals surface area contributed by atoms with Crippen molar-refractivity contribution in [3.8, 4) is 5.75 Å². The maximum absolute atomic E-state index is 13.0. The fourth-order valence-electron chi connectivity index (χ4n) is 1.45. The van der Waals surface area contributed by atoms with E-state index < -0.39 is 5.82 Å². The van der Waals surface area contributed by atoms with Crippen LogP contribution in [0.25, 0.3) is 0 Å². The Morgan fingerprint density at radius 3 is 2.88 bits per heavy atom. The van der Waals surface area contributed by atoms with E-state index in [0.717, 1.165) is 11.4 Å². The van der Waals surface area contributed by atoms with Crippen molar-refractivity contribution in [1.29, 1.82) is 0 Å². The van der Waals surface area contributed by atoms with E-state index in [1.165, 1.54) is 12.1 Å². The molecule has 6 heteroatoms. The van der Waals surface area contributed by atoms with Crippen LogP contribution in [0.2, 0.25) is 0 Å². The highest BCUT2D eigenvalue weighted by Crippen LogP contribution is 2.15. The molecule has 0 radical (unpaired) electrons. The molecule has 0 aliphatic rings. The summed E-state index contributed by atoms with van der Waals surface area (Å²) in [6.07, 6.45) is 1.62. The normalized spacial score (nSPS) is 10.7. The summed E-state index contributed by atoms with van der Waals surface area (Å²) in [5, 5.41) is 19.8. The van der Waals surface area contributed by atoms with E-state index in [4.69, 9.17) is 5.11 Å². The number of phenols is 1. The smallest absolute Gasteiger partial charge is 0.165 e. The molecule has 0 saturated heterocycles. The summed E-state index contributed by atoms with van der Waals surface area (Å²) in [5.41, 5.74) is 0.766. The number of hydrogen-bond acceptors (Lipinski definition) is 4. The number of benzene rings is 1. The Morgan fingerprint density at radius 2 is 2.24 bits per heavy atom. The van der Waals surface area contributed by atoms with Crippen molar-refractivity contribution in [2.24, 2.45) is 7.05 Å². The molecule has 1 aromatic heterocycles. The van der Waals surface area contributed by atoms with Crippen LogP contribution in [0.4, 0.5) is 4.39 Å². The van der Waals surface area contributed by atoms with Crippen LogP contribution in [0.5, 0.6) is 5.75 Å². The second-order valence-corrected chi connectivity index (χ2v) is 3.75. The number of rotatable bonds is 4. The van der Waals surface area contributed by atoms with Crippen LogP contribution in [-0.4, -0.2) is 19.9 Å². The van der Waals surface area contributed by atoms with Gasteiger partial charge < -0.3 is 15.0 Å². The lowest BCUT2D eigenvalue weighted by molar-refractivity contribution is 0.431. The van der Waals surface area contributed by atoms with Gasteiger partial charge in [0.1, 0.15) is 12.2 Å². The second kappa shape index (κ2) is 4.92. The van der Waals surface area contributed by atoms with Crippen LogP contribution >= 0.6 is 0 Å². The van der Waals surface area contributed by atoms with Crippen LogP contribution in [0, 0.1) is 5.82 Å². The lowest BCUT2D eigenvalue weighted by Gasteiger charge is -2.05. The number of nitrogens with one attached hydrogen (secondary N) is 1. The molecule has 0 aliphatic heterocycles. The summed E-state index contributed by atoms with van der Waals surface area (Å²) in [7, 11) is 1.86. The Labute approximate surface area is 97.9 Å². The first-order valence-corrected chi connectivity index (χ1v) is 5.18. The maximum atomic E-state index is 13.0. The predicted octanol–water partition coefficient (Wildman–Crippen LogP) is 0.950. The lowest BCUT2D eigenvalue weighted by atomic mass is 10.2. The molecule has 0 fully saturated rings. The fourth-order valence-corrected chi connectivity index (χ4v) is 1.45. The molecule has 2 rings (SSSR count). The van der Waals surface area contributed by atoms with Crippen molar-refractivity contribution in [1.82, 2.24) is 20.1 Å². The Bertz CT molecular complexity index is 512. The van der Waals surface area contributed by atoms with Crippen molar-refractivity contribution < 1.29 is 9.50 Å². The molecule has 2 N–H and O–H groups in total. The van der Waals surface area contributed by atoms with Crippen molar-refractivity contribution >= 4 is 0 Å². The van der Waals surface area contributed by atoms with Gasteiger partial charge in [-0.1, -0.05) is 6.07 Å². The number of halogens is 1. The molecule has 90 valence electrons. The zero-order chi connectivity index (χ0) is 12.3. The third kappa shape index (κ3) is 2.79. The highest BCUT2D eigenvalue weighted by molar-refractivity contribution is 5.27. The Balaban J connectivity index is 1.90. The van der Waals surface area contributed by atoms with Crippen molar-refractivity contribution in [3.05, 3.63) is 41.7 Å². The Kier molecular flexibility index (Phi) is 3.34. The topological polar surface area (TPSA) is 63.0 Å². The SMILES string of the molecule is Cn1cnnc1CNCc1ccc(O)c(F)c1. The summed E-state index contributed by atoms with van der Waals surface area (Å²) in [6.45, 7) is 1.06. The van der Waals surface area contributed by atoms with E-state index in [-0.39, 0.29) is 5.75 Å². The van der Waals surface area contributed by atoms with E-state index in [2.05, 4.69) is 15.5 Å². The average Bonchev–Trinajstić information content (AvgIpc) is 2.70. The number of aromatic nitrogens is 3. The molecule has 2 aromatic rings. The van der Waals surface area contributed by atoms with Gasteiger partial charge in [-0.25, -0.2) is 4.39 Å². The fraction of sp³-hybridized carbons (Fsp3) is 0.273. The van der Waals surface area contributed by atoms with E-state index in [0.29, 0.717) is 13.1 Å². The number of aryl methyl sites for hydroxylation is 1. The van der Waals surface area contributed by atoms with Gasteiger partial charge in [0.15, 0.2) is 11.6 Å². The van der Waals surface area contributed by atoms with Crippen LogP contribution < -0.4 is 5.32 Å². The lowest BCUT2D eigenvalue weighted by Crippen LogP contribution is -2.15. The standard InChI is InChI=1S/C11H13FN4O/c1-16-7-14-15-11(16)6-13-5-8-2-3-10(17)9(12)4-8/h2-4,7,13,17H,5-6H2,1H3. The number of hydrogen-bond donors (Lipinski definition) is 2. The minimum atomic E-state index is -0.608. The first-order chi connectivity index (χ1) is 8.16. The first-order valence-electron chi connectivity index (χ1n) is 5.18. The summed E-state index contributed by atoms with van der Waals surface area (Å²) in [5.74, 6) is -0.130. The summed E-state index contributed by atoms with van der Waals surface area (Å²) in [6, 6.07) is 4.32. The van der Waals surface area contributed by atoms with Crippen LogP contribution in [0.3, 0.4) is 0 Å². The molecule has 5 nitrogen and oxygen atoms in total. The number of nitrogens with zero attached hydrogens (tertiary/aromatic N) is 3. The van der Waals surface area contributed by atoms with Crippen molar-refractivity contribution in [2.45, 2.75) is 13.1 Å². The largest absolute Gasteiger partial charge is 0.505 e. The summed E-state index contributed by atoms with van der Waals surface area (Å²) >= 11 is 0. The van der Waals surface area contributed by atoms with E-state index in [1.807, 2.05) is 11.6 Å². The highest BCUT2D eigenvalue weighted by atomic mass is 19.1. The van der Waals surface area contributed by atoms with Gasteiger partial charge in [0.2, 0.25) is 0 Å². The van der Waals surface area contributed by atoms with E-state index in [1.54, 1.807) is 12.4 Å². The molecule has 0 unspecified atom stereocenters. The summed E-state index contributed by atoms with van der Waals surface area (Å²) < 4.78 is 14.8. The van der Waals surface area contributed by atoms with Crippen molar-refractivity contribution in [2.75, 3.05) is 0 Å². The van der Waals surface area contributed by atoms with Crippen molar-refractivity contribution in [3.63, 3.8) is 0 Å². The van der Waals surface area contributed by atoms with Gasteiger partial charge in [-0.05, 0) is 17.7 Å². The average molecular weight is 236 g/mol. The number of aromatic hydroxyl groups is 1. The minimum absolute atomic E-state index is 0.331. The van der Waals surface area contributed by atoms with Gasteiger partial charge >= 0.3 is 0 Å². The van der Waals surface area contributed by atoms with Gasteiger partial charge in [-0.3, -0.25) is 0 Å². The molecule has 0 saturated carbocycles. The number of phenolic OH excluding ortho intramolecular Hbond substituents is 1. The molecule has 0 spiro atoms. The van der Waals surface area contributed by atoms with Gasteiger partial charge in [-0.2, -0.15) is 0 Å². The molecule has 1 heterocycles. The zero-order valence-electron chi connectivity index (χ0n) is 9.39. The van der Waals surface area contributed by atoms with Gasteiger partial charge in [0.25, 0.3) is 0 Å². The van der Waals surface area contributed by atoms with Crippen LogP contribution in [-0.2, 0) is 20.1 Å². The molecule has 1 aromatic carbocycles. The van der Waals surface area contributed by atoms with E-state index in [9.17, 15) is 4.39 Å². The molecular formula is C11H13FN4O. The minimum Gasteiger partial charge on any atom is -0.505 e. The third-order valence-corrected chi connectivity index (χ3v) is 2.43. The quantitative estimate of drug-likeness (QED) is 0.829. The monoisotopic (exact) mass is 236 g/mol. The molecule has 0 bridgehead atoms.